The minimum atomic E-state index is 0.397. The molecule has 0 saturated heterocycles. The molecule has 1 aromatic heterocycles. The van der Waals surface area contributed by atoms with Gasteiger partial charge in [-0.05, 0) is 32.2 Å². The third-order valence-electron chi connectivity index (χ3n) is 2.61. The lowest BCUT2D eigenvalue weighted by Crippen LogP contribution is -2.03. The number of furan rings is 1. The molecule has 102 valence electrons. The van der Waals surface area contributed by atoms with Gasteiger partial charge in [-0.3, -0.25) is 0 Å². The van der Waals surface area contributed by atoms with E-state index in [0.29, 0.717) is 13.2 Å². The molecule has 0 unspecified atom stereocenters. The second-order valence-corrected chi connectivity index (χ2v) is 4.12. The zero-order chi connectivity index (χ0) is 13.5. The van der Waals surface area contributed by atoms with Crippen LogP contribution in [-0.4, -0.2) is 13.7 Å². The van der Waals surface area contributed by atoms with Gasteiger partial charge in [0.2, 0.25) is 0 Å². The summed E-state index contributed by atoms with van der Waals surface area (Å²) in [6, 6.07) is 9.62. The molecule has 0 amide bonds. The maximum Gasteiger partial charge on any atom is 0.161 e. The first-order chi connectivity index (χ1) is 9.33. The van der Waals surface area contributed by atoms with Crippen molar-refractivity contribution in [3.8, 4) is 11.5 Å². The van der Waals surface area contributed by atoms with Gasteiger partial charge in [0.25, 0.3) is 0 Å². The highest BCUT2D eigenvalue weighted by molar-refractivity contribution is 5.39. The van der Waals surface area contributed by atoms with Crippen LogP contribution < -0.4 is 14.8 Å². The first-order valence-corrected chi connectivity index (χ1v) is 6.39. The molecular weight excluding hydrogens is 242 g/mol. The van der Waals surface area contributed by atoms with Gasteiger partial charge in [-0.1, -0.05) is 12.1 Å². The fourth-order valence-corrected chi connectivity index (χ4v) is 1.79. The summed E-state index contributed by atoms with van der Waals surface area (Å²) in [6.45, 7) is 3.76. The first kappa shape index (κ1) is 13.5. The fraction of sp³-hybridized carbons (Fsp3) is 0.333. The molecule has 2 aromatic rings. The Hall–Kier alpha value is -1.94. The van der Waals surface area contributed by atoms with Crippen LogP contribution in [0.1, 0.15) is 18.2 Å². The minimum absolute atomic E-state index is 0.397. The van der Waals surface area contributed by atoms with Crippen molar-refractivity contribution in [3.63, 3.8) is 0 Å². The molecule has 0 bridgehead atoms. The van der Waals surface area contributed by atoms with Crippen LogP contribution in [0.4, 0.5) is 0 Å². The Morgan fingerprint density at radius 2 is 1.89 bits per heavy atom. The van der Waals surface area contributed by atoms with E-state index in [4.69, 9.17) is 13.9 Å². The molecule has 4 nitrogen and oxygen atoms in total. The Morgan fingerprint density at radius 1 is 1.16 bits per heavy atom. The van der Waals surface area contributed by atoms with E-state index >= 15 is 0 Å². The maximum atomic E-state index is 5.73. The molecule has 1 heterocycles. The highest BCUT2D eigenvalue weighted by atomic mass is 16.5. The summed E-state index contributed by atoms with van der Waals surface area (Å²) in [5.41, 5.74) is 1.11. The van der Waals surface area contributed by atoms with E-state index in [2.05, 4.69) is 5.32 Å². The molecule has 4 heteroatoms. The summed E-state index contributed by atoms with van der Waals surface area (Å²) in [5.74, 6) is 2.29. The summed E-state index contributed by atoms with van der Waals surface area (Å²) in [6.07, 6.45) is 1.74. The summed E-state index contributed by atoms with van der Waals surface area (Å²) >= 11 is 0. The third-order valence-corrected chi connectivity index (χ3v) is 2.61. The number of hydrogen-bond acceptors (Lipinski definition) is 4. The molecule has 19 heavy (non-hydrogen) atoms. The Balaban J connectivity index is 1.97. The minimum Gasteiger partial charge on any atom is -0.490 e. The Labute approximate surface area is 113 Å². The molecule has 1 N–H and O–H groups in total. The van der Waals surface area contributed by atoms with Gasteiger partial charge in [0.05, 0.1) is 12.9 Å². The second kappa shape index (κ2) is 6.85. The quantitative estimate of drug-likeness (QED) is 0.832. The monoisotopic (exact) mass is 261 g/mol. The van der Waals surface area contributed by atoms with Gasteiger partial charge in [-0.2, -0.15) is 0 Å². The van der Waals surface area contributed by atoms with Crippen molar-refractivity contribution in [2.24, 2.45) is 0 Å². The molecule has 0 radical (unpaired) electrons. The van der Waals surface area contributed by atoms with Crippen LogP contribution in [0, 0.1) is 0 Å². The van der Waals surface area contributed by atoms with E-state index in [1.54, 1.807) is 6.26 Å². The van der Waals surface area contributed by atoms with Gasteiger partial charge >= 0.3 is 0 Å². The molecule has 0 saturated carbocycles. The van der Waals surface area contributed by atoms with Crippen molar-refractivity contribution in [1.82, 2.24) is 5.32 Å². The van der Waals surface area contributed by atoms with Gasteiger partial charge in [-0.25, -0.2) is 0 Å². The molecule has 0 aliphatic rings. The van der Waals surface area contributed by atoms with E-state index < -0.39 is 0 Å². The molecule has 0 spiro atoms. The summed E-state index contributed by atoms with van der Waals surface area (Å²) in [4.78, 5) is 0. The van der Waals surface area contributed by atoms with Crippen LogP contribution >= 0.6 is 0 Å². The van der Waals surface area contributed by atoms with Crippen molar-refractivity contribution in [1.29, 1.82) is 0 Å². The SMILES string of the molecule is CCOc1ccccc1OCc1cc(CNC)co1. The van der Waals surface area contributed by atoms with Crippen LogP contribution in [0.3, 0.4) is 0 Å². The van der Waals surface area contributed by atoms with Gasteiger partial charge in [0, 0.05) is 12.1 Å². The summed E-state index contributed by atoms with van der Waals surface area (Å²) < 4.78 is 16.7. The predicted octanol–water partition coefficient (Wildman–Crippen LogP) is 2.98. The number of rotatable bonds is 7. The van der Waals surface area contributed by atoms with E-state index in [1.807, 2.05) is 44.3 Å². The number of benzene rings is 1. The molecule has 0 fully saturated rings. The van der Waals surface area contributed by atoms with Gasteiger partial charge < -0.3 is 19.2 Å². The van der Waals surface area contributed by atoms with Crippen molar-refractivity contribution < 1.29 is 13.9 Å². The lowest BCUT2D eigenvalue weighted by molar-refractivity contribution is 0.247. The average molecular weight is 261 g/mol. The van der Waals surface area contributed by atoms with Crippen molar-refractivity contribution in [2.45, 2.75) is 20.1 Å². The van der Waals surface area contributed by atoms with E-state index in [-0.39, 0.29) is 0 Å². The molecule has 0 atom stereocenters. The normalized spacial score (nSPS) is 10.4. The largest absolute Gasteiger partial charge is 0.490 e. The van der Waals surface area contributed by atoms with Crippen molar-refractivity contribution >= 4 is 0 Å². The first-order valence-electron chi connectivity index (χ1n) is 6.39. The van der Waals surface area contributed by atoms with Crippen LogP contribution in [0.25, 0.3) is 0 Å². The zero-order valence-corrected chi connectivity index (χ0v) is 11.3. The summed E-state index contributed by atoms with van der Waals surface area (Å²) in [7, 11) is 1.90. The van der Waals surface area contributed by atoms with Crippen molar-refractivity contribution in [2.75, 3.05) is 13.7 Å². The topological polar surface area (TPSA) is 43.6 Å². The molecule has 0 aliphatic carbocycles. The lowest BCUT2D eigenvalue weighted by atomic mass is 10.3. The number of ether oxygens (including phenoxy) is 2. The standard InChI is InChI=1S/C15H19NO3/c1-3-17-14-6-4-5-7-15(14)19-11-13-8-12(9-16-2)10-18-13/h4-8,10,16H,3,9,11H2,1-2H3. The molecular formula is C15H19NO3. The zero-order valence-electron chi connectivity index (χ0n) is 11.3. The molecule has 0 aliphatic heterocycles. The van der Waals surface area contributed by atoms with Crippen LogP contribution in [0.5, 0.6) is 11.5 Å². The van der Waals surface area contributed by atoms with Gasteiger partial charge in [-0.15, -0.1) is 0 Å². The van der Waals surface area contributed by atoms with Crippen LogP contribution in [0.15, 0.2) is 41.0 Å². The third kappa shape index (κ3) is 3.76. The Bertz CT molecular complexity index is 508. The Kier molecular flexibility index (Phi) is 4.86. The summed E-state index contributed by atoms with van der Waals surface area (Å²) in [5, 5.41) is 3.08. The number of hydrogen-bond donors (Lipinski definition) is 1. The molecule has 1 aromatic carbocycles. The fourth-order valence-electron chi connectivity index (χ4n) is 1.79. The second-order valence-electron chi connectivity index (χ2n) is 4.12. The van der Waals surface area contributed by atoms with Crippen LogP contribution in [-0.2, 0) is 13.2 Å². The van der Waals surface area contributed by atoms with E-state index in [1.165, 1.54) is 0 Å². The number of para-hydroxylation sites is 2. The van der Waals surface area contributed by atoms with Gasteiger partial charge in [0.1, 0.15) is 12.4 Å². The van der Waals surface area contributed by atoms with Crippen LogP contribution in [0.2, 0.25) is 0 Å². The highest BCUT2D eigenvalue weighted by Gasteiger charge is 2.06. The predicted molar refractivity (Wildman–Crippen MR) is 73.4 cm³/mol. The highest BCUT2D eigenvalue weighted by Crippen LogP contribution is 2.27. The van der Waals surface area contributed by atoms with Gasteiger partial charge in [0.15, 0.2) is 11.5 Å². The van der Waals surface area contributed by atoms with E-state index in [0.717, 1.165) is 29.4 Å². The Morgan fingerprint density at radius 3 is 2.58 bits per heavy atom. The lowest BCUT2D eigenvalue weighted by Gasteiger charge is -2.10. The average Bonchev–Trinajstić information content (AvgIpc) is 2.86. The van der Waals surface area contributed by atoms with Crippen molar-refractivity contribution in [3.05, 3.63) is 47.9 Å². The number of nitrogens with one attached hydrogen (secondary N) is 1. The molecule has 2 rings (SSSR count). The smallest absolute Gasteiger partial charge is 0.161 e. The maximum absolute atomic E-state index is 5.73. The van der Waals surface area contributed by atoms with E-state index in [9.17, 15) is 0 Å².